The van der Waals surface area contributed by atoms with Gasteiger partial charge >= 0.3 is 0 Å². The lowest BCUT2D eigenvalue weighted by atomic mass is 10.1. The number of hydrogen-bond donors (Lipinski definition) is 2. The molecule has 2 N–H and O–H groups in total. The molecule has 0 saturated carbocycles. The first-order valence-corrected chi connectivity index (χ1v) is 8.25. The van der Waals surface area contributed by atoms with Gasteiger partial charge in [0.25, 0.3) is 0 Å². The van der Waals surface area contributed by atoms with E-state index in [1.807, 2.05) is 24.3 Å². The number of fused-ring (bicyclic) bond motifs is 1. The maximum Gasteiger partial charge on any atom is 0.195 e. The standard InChI is InChI=1S/C19H19FN4O2/c1-22-19(23-12-14-4-3-13(11-21)9-16(14)20)24-15-5-6-17-18(10-15)26-8-2-7-25-17/h3-6,9-10H,2,7-8,12H2,1H3,(H2,22,23,24). The number of nitriles is 1. The second-order valence-electron chi connectivity index (χ2n) is 5.68. The third kappa shape index (κ3) is 4.22. The molecule has 1 aliphatic heterocycles. The number of hydrogen-bond acceptors (Lipinski definition) is 4. The van der Waals surface area contributed by atoms with Gasteiger partial charge in [-0.3, -0.25) is 4.99 Å². The molecule has 0 amide bonds. The molecule has 2 aromatic carbocycles. The predicted octanol–water partition coefficient (Wildman–Crippen LogP) is 3.05. The number of ether oxygens (including phenoxy) is 2. The van der Waals surface area contributed by atoms with Crippen LogP contribution in [-0.4, -0.2) is 26.2 Å². The summed E-state index contributed by atoms with van der Waals surface area (Å²) in [5.74, 6) is 1.46. The quantitative estimate of drug-likeness (QED) is 0.654. The van der Waals surface area contributed by atoms with Crippen LogP contribution in [0.5, 0.6) is 11.5 Å². The summed E-state index contributed by atoms with van der Waals surface area (Å²) in [6.07, 6.45) is 0.844. The minimum Gasteiger partial charge on any atom is -0.490 e. The van der Waals surface area contributed by atoms with Crippen molar-refractivity contribution >= 4 is 11.6 Å². The Bertz CT molecular complexity index is 861. The molecule has 0 bridgehead atoms. The Morgan fingerprint density at radius 3 is 2.73 bits per heavy atom. The average molecular weight is 354 g/mol. The van der Waals surface area contributed by atoms with Gasteiger partial charge in [0.1, 0.15) is 5.82 Å². The van der Waals surface area contributed by atoms with E-state index < -0.39 is 5.82 Å². The van der Waals surface area contributed by atoms with Crippen molar-refractivity contribution in [2.75, 3.05) is 25.6 Å². The van der Waals surface area contributed by atoms with Crippen LogP contribution in [0.3, 0.4) is 0 Å². The van der Waals surface area contributed by atoms with E-state index in [2.05, 4.69) is 15.6 Å². The highest BCUT2D eigenvalue weighted by Crippen LogP contribution is 2.32. The number of nitrogens with one attached hydrogen (secondary N) is 2. The summed E-state index contributed by atoms with van der Waals surface area (Å²) in [6.45, 7) is 1.49. The van der Waals surface area contributed by atoms with Crippen molar-refractivity contribution in [2.45, 2.75) is 13.0 Å². The molecule has 134 valence electrons. The molecule has 0 aromatic heterocycles. The Kier molecular flexibility index (Phi) is 5.54. The molecule has 2 aromatic rings. The van der Waals surface area contributed by atoms with Crippen molar-refractivity contribution in [3.8, 4) is 17.6 Å². The fraction of sp³-hybridized carbons (Fsp3) is 0.263. The first-order chi connectivity index (χ1) is 12.7. The smallest absolute Gasteiger partial charge is 0.195 e. The second kappa shape index (κ2) is 8.21. The molecule has 6 nitrogen and oxygen atoms in total. The number of nitrogens with zero attached hydrogens (tertiary/aromatic N) is 2. The number of aliphatic imine (C=N–C) groups is 1. The number of benzene rings is 2. The van der Waals surface area contributed by atoms with Crippen LogP contribution in [0.2, 0.25) is 0 Å². The maximum absolute atomic E-state index is 14.0. The summed E-state index contributed by atoms with van der Waals surface area (Å²) in [5.41, 5.74) is 1.52. The van der Waals surface area contributed by atoms with Gasteiger partial charge in [0, 0.05) is 37.3 Å². The highest BCUT2D eigenvalue weighted by atomic mass is 19.1. The first kappa shape index (κ1) is 17.5. The van der Waals surface area contributed by atoms with Crippen molar-refractivity contribution in [1.29, 1.82) is 5.26 Å². The van der Waals surface area contributed by atoms with E-state index in [0.29, 0.717) is 36.0 Å². The molecule has 1 aliphatic rings. The SMILES string of the molecule is CN=C(NCc1ccc(C#N)cc1F)Nc1ccc2c(c1)OCCCO2. The fourth-order valence-corrected chi connectivity index (χ4v) is 2.50. The Labute approximate surface area is 151 Å². The van der Waals surface area contributed by atoms with Gasteiger partial charge in [-0.1, -0.05) is 6.07 Å². The first-order valence-electron chi connectivity index (χ1n) is 8.25. The van der Waals surface area contributed by atoms with Crippen molar-refractivity contribution in [3.63, 3.8) is 0 Å². The van der Waals surface area contributed by atoms with E-state index in [9.17, 15) is 4.39 Å². The Balaban J connectivity index is 1.65. The zero-order chi connectivity index (χ0) is 18.4. The van der Waals surface area contributed by atoms with Crippen molar-refractivity contribution in [1.82, 2.24) is 5.32 Å². The molecule has 0 unspecified atom stereocenters. The van der Waals surface area contributed by atoms with Crippen LogP contribution < -0.4 is 20.1 Å². The highest BCUT2D eigenvalue weighted by Gasteiger charge is 2.11. The van der Waals surface area contributed by atoms with Crippen LogP contribution in [0.4, 0.5) is 10.1 Å². The predicted molar refractivity (Wildman–Crippen MR) is 97.0 cm³/mol. The van der Waals surface area contributed by atoms with E-state index in [-0.39, 0.29) is 6.54 Å². The van der Waals surface area contributed by atoms with Gasteiger partial charge < -0.3 is 20.1 Å². The fourth-order valence-electron chi connectivity index (χ4n) is 2.50. The number of rotatable bonds is 3. The second-order valence-corrected chi connectivity index (χ2v) is 5.68. The number of anilines is 1. The lowest BCUT2D eigenvalue weighted by molar-refractivity contribution is 0.297. The van der Waals surface area contributed by atoms with Crippen LogP contribution in [0.1, 0.15) is 17.5 Å². The maximum atomic E-state index is 14.0. The molecular weight excluding hydrogens is 335 g/mol. The zero-order valence-electron chi connectivity index (χ0n) is 14.4. The molecule has 26 heavy (non-hydrogen) atoms. The summed E-state index contributed by atoms with van der Waals surface area (Å²) < 4.78 is 25.2. The Hall–Kier alpha value is -3.27. The Morgan fingerprint density at radius 2 is 2.00 bits per heavy atom. The van der Waals surface area contributed by atoms with Gasteiger partial charge in [-0.2, -0.15) is 5.26 Å². The summed E-state index contributed by atoms with van der Waals surface area (Å²) in [5, 5.41) is 15.0. The molecule has 0 saturated heterocycles. The molecule has 1 heterocycles. The molecule has 7 heteroatoms. The minimum absolute atomic E-state index is 0.238. The third-order valence-corrected chi connectivity index (χ3v) is 3.86. The molecule has 0 fully saturated rings. The average Bonchev–Trinajstić information content (AvgIpc) is 2.90. The monoisotopic (exact) mass is 354 g/mol. The van der Waals surface area contributed by atoms with Crippen LogP contribution >= 0.6 is 0 Å². The molecule has 0 spiro atoms. The summed E-state index contributed by atoms with van der Waals surface area (Å²) in [6, 6.07) is 11.9. The van der Waals surface area contributed by atoms with E-state index in [4.69, 9.17) is 14.7 Å². The van der Waals surface area contributed by atoms with Gasteiger partial charge in [0.05, 0.1) is 24.8 Å². The normalized spacial score (nSPS) is 13.5. The highest BCUT2D eigenvalue weighted by molar-refractivity contribution is 5.93. The number of guanidine groups is 1. The Morgan fingerprint density at radius 1 is 1.19 bits per heavy atom. The van der Waals surface area contributed by atoms with Gasteiger partial charge in [-0.15, -0.1) is 0 Å². The molecule has 0 aliphatic carbocycles. The van der Waals surface area contributed by atoms with E-state index in [1.54, 1.807) is 19.2 Å². The minimum atomic E-state index is -0.428. The lowest BCUT2D eigenvalue weighted by Crippen LogP contribution is -2.30. The van der Waals surface area contributed by atoms with E-state index in [1.165, 1.54) is 6.07 Å². The van der Waals surface area contributed by atoms with Crippen LogP contribution in [0.25, 0.3) is 0 Å². The van der Waals surface area contributed by atoms with Crippen LogP contribution in [0, 0.1) is 17.1 Å². The summed E-state index contributed by atoms with van der Waals surface area (Å²) >= 11 is 0. The molecule has 0 radical (unpaired) electrons. The summed E-state index contributed by atoms with van der Waals surface area (Å²) in [4.78, 5) is 4.14. The molecule has 3 rings (SSSR count). The van der Waals surface area contributed by atoms with Gasteiger partial charge in [0.15, 0.2) is 17.5 Å². The van der Waals surface area contributed by atoms with E-state index in [0.717, 1.165) is 17.9 Å². The van der Waals surface area contributed by atoms with Gasteiger partial charge in [-0.05, 0) is 24.3 Å². The van der Waals surface area contributed by atoms with Crippen molar-refractivity contribution in [3.05, 3.63) is 53.3 Å². The van der Waals surface area contributed by atoms with Gasteiger partial charge in [-0.25, -0.2) is 4.39 Å². The van der Waals surface area contributed by atoms with Crippen molar-refractivity contribution < 1.29 is 13.9 Å². The lowest BCUT2D eigenvalue weighted by Gasteiger charge is -2.14. The summed E-state index contributed by atoms with van der Waals surface area (Å²) in [7, 11) is 1.63. The van der Waals surface area contributed by atoms with Gasteiger partial charge in [0.2, 0.25) is 0 Å². The molecular formula is C19H19FN4O2. The zero-order valence-corrected chi connectivity index (χ0v) is 14.4. The molecule has 0 atom stereocenters. The largest absolute Gasteiger partial charge is 0.490 e. The number of halogens is 1. The van der Waals surface area contributed by atoms with Crippen LogP contribution in [-0.2, 0) is 6.54 Å². The third-order valence-electron chi connectivity index (χ3n) is 3.86. The van der Waals surface area contributed by atoms with Crippen molar-refractivity contribution in [2.24, 2.45) is 4.99 Å². The van der Waals surface area contributed by atoms with Crippen LogP contribution in [0.15, 0.2) is 41.4 Å². The van der Waals surface area contributed by atoms with E-state index >= 15 is 0 Å². The topological polar surface area (TPSA) is 78.7 Å².